The molecular formula is C9H18O2Si. The van der Waals surface area contributed by atoms with Gasteiger partial charge in [0, 0.05) is 12.3 Å². The molecule has 0 aromatic heterocycles. The first-order valence-corrected chi connectivity index (χ1v) is 6.45. The second-order valence-electron chi connectivity index (χ2n) is 3.05. The van der Waals surface area contributed by atoms with Gasteiger partial charge in [-0.2, -0.15) is 0 Å². The Balaban J connectivity index is 2.04. The minimum Gasteiger partial charge on any atom is -0.502 e. The Morgan fingerprint density at radius 2 is 2.50 bits per heavy atom. The van der Waals surface area contributed by atoms with Crippen LogP contribution in [-0.2, 0) is 9.47 Å². The summed E-state index contributed by atoms with van der Waals surface area (Å²) in [6.45, 7) is 3.75. The zero-order valence-corrected chi connectivity index (χ0v) is 9.21. The van der Waals surface area contributed by atoms with Gasteiger partial charge < -0.3 is 9.47 Å². The van der Waals surface area contributed by atoms with Crippen molar-refractivity contribution in [3.63, 3.8) is 0 Å². The summed E-state index contributed by atoms with van der Waals surface area (Å²) in [6.07, 6.45) is 5.70. The second-order valence-corrected chi connectivity index (χ2v) is 4.90. The van der Waals surface area contributed by atoms with E-state index in [2.05, 4.69) is 5.70 Å². The SMILES string of the molecule is CCOC=C[SiH2]C1CCCCO1. The molecule has 1 rings (SSSR count). The standard InChI is InChI=1S/C9H18O2Si/c1-2-10-7-8-12-9-5-3-4-6-11-9/h7-9H,2-6,12H2,1H3. The fourth-order valence-corrected chi connectivity index (χ4v) is 2.74. The minimum atomic E-state index is -0.183. The van der Waals surface area contributed by atoms with Crippen molar-refractivity contribution in [3.8, 4) is 0 Å². The lowest BCUT2D eigenvalue weighted by Crippen LogP contribution is -2.24. The molecule has 1 heterocycles. The average Bonchev–Trinajstić information content (AvgIpc) is 2.14. The largest absolute Gasteiger partial charge is 0.502 e. The molecule has 0 aliphatic carbocycles. The first kappa shape index (κ1) is 9.80. The predicted molar refractivity (Wildman–Crippen MR) is 52.9 cm³/mol. The molecule has 2 nitrogen and oxygen atoms in total. The van der Waals surface area contributed by atoms with Gasteiger partial charge in [0.2, 0.25) is 0 Å². The summed E-state index contributed by atoms with van der Waals surface area (Å²) in [7, 11) is -0.183. The highest BCUT2D eigenvalue weighted by Crippen LogP contribution is 2.11. The Hall–Kier alpha value is -0.283. The maximum atomic E-state index is 5.61. The van der Waals surface area contributed by atoms with E-state index in [-0.39, 0.29) is 9.52 Å². The molecular weight excluding hydrogens is 168 g/mol. The van der Waals surface area contributed by atoms with E-state index in [1.54, 1.807) is 0 Å². The normalized spacial score (nSPS) is 25.6. The Labute approximate surface area is 76.8 Å². The van der Waals surface area contributed by atoms with Crippen molar-refractivity contribution in [2.45, 2.75) is 31.9 Å². The summed E-state index contributed by atoms with van der Waals surface area (Å²) in [5.74, 6) is 0. The molecule has 1 aliphatic heterocycles. The van der Waals surface area contributed by atoms with Crippen LogP contribution in [0.25, 0.3) is 0 Å². The maximum Gasteiger partial charge on any atom is 0.0844 e. The van der Waals surface area contributed by atoms with Gasteiger partial charge in [-0.3, -0.25) is 0 Å². The van der Waals surface area contributed by atoms with Gasteiger partial charge in [0.15, 0.2) is 0 Å². The highest BCUT2D eigenvalue weighted by atomic mass is 28.2. The molecule has 0 aromatic carbocycles. The number of rotatable bonds is 4. The van der Waals surface area contributed by atoms with Gasteiger partial charge in [0.25, 0.3) is 0 Å². The molecule has 0 N–H and O–H groups in total. The van der Waals surface area contributed by atoms with Crippen molar-refractivity contribution in [1.82, 2.24) is 0 Å². The van der Waals surface area contributed by atoms with E-state index in [1.165, 1.54) is 19.3 Å². The molecule has 0 aromatic rings. The molecule has 12 heavy (non-hydrogen) atoms. The van der Waals surface area contributed by atoms with E-state index < -0.39 is 0 Å². The van der Waals surface area contributed by atoms with Gasteiger partial charge in [0.05, 0.1) is 22.4 Å². The van der Waals surface area contributed by atoms with Gasteiger partial charge in [-0.1, -0.05) is 5.70 Å². The van der Waals surface area contributed by atoms with Crippen molar-refractivity contribution in [3.05, 3.63) is 12.0 Å². The Morgan fingerprint density at radius 3 is 3.17 bits per heavy atom. The average molecular weight is 186 g/mol. The minimum absolute atomic E-state index is 0.183. The van der Waals surface area contributed by atoms with E-state index in [9.17, 15) is 0 Å². The summed E-state index contributed by atoms with van der Waals surface area (Å²) in [4.78, 5) is 0. The first-order chi connectivity index (χ1) is 5.93. The molecule has 1 aliphatic rings. The smallest absolute Gasteiger partial charge is 0.0844 e. The second kappa shape index (κ2) is 6.26. The first-order valence-electron chi connectivity index (χ1n) is 4.81. The van der Waals surface area contributed by atoms with Crippen LogP contribution < -0.4 is 0 Å². The quantitative estimate of drug-likeness (QED) is 0.485. The van der Waals surface area contributed by atoms with E-state index >= 15 is 0 Å². The van der Waals surface area contributed by atoms with E-state index in [1.807, 2.05) is 13.2 Å². The van der Waals surface area contributed by atoms with Crippen LogP contribution in [0.15, 0.2) is 12.0 Å². The molecule has 0 amide bonds. The van der Waals surface area contributed by atoms with Crippen molar-refractivity contribution in [2.75, 3.05) is 13.2 Å². The lowest BCUT2D eigenvalue weighted by molar-refractivity contribution is 0.0658. The van der Waals surface area contributed by atoms with Crippen LogP contribution in [0, 0.1) is 0 Å². The predicted octanol–water partition coefficient (Wildman–Crippen LogP) is 1.19. The summed E-state index contributed by atoms with van der Waals surface area (Å²) >= 11 is 0. The van der Waals surface area contributed by atoms with Crippen LogP contribution in [0.1, 0.15) is 26.2 Å². The van der Waals surface area contributed by atoms with Crippen molar-refractivity contribution in [2.24, 2.45) is 0 Å². The molecule has 3 heteroatoms. The molecule has 0 saturated carbocycles. The third kappa shape index (κ3) is 3.92. The fraction of sp³-hybridized carbons (Fsp3) is 0.778. The molecule has 1 fully saturated rings. The topological polar surface area (TPSA) is 18.5 Å². The molecule has 0 radical (unpaired) electrons. The molecule has 0 bridgehead atoms. The van der Waals surface area contributed by atoms with Crippen molar-refractivity contribution >= 4 is 9.52 Å². The number of ether oxygens (including phenoxy) is 2. The van der Waals surface area contributed by atoms with E-state index in [4.69, 9.17) is 9.47 Å². The van der Waals surface area contributed by atoms with Gasteiger partial charge in [0.1, 0.15) is 0 Å². The summed E-state index contributed by atoms with van der Waals surface area (Å²) in [5.41, 5.74) is 2.77. The zero-order valence-electron chi connectivity index (χ0n) is 7.79. The third-order valence-corrected chi connectivity index (χ3v) is 3.67. The summed E-state index contributed by atoms with van der Waals surface area (Å²) < 4.78 is 10.7. The van der Waals surface area contributed by atoms with Crippen molar-refractivity contribution in [1.29, 1.82) is 0 Å². The monoisotopic (exact) mass is 186 g/mol. The fourth-order valence-electron chi connectivity index (χ4n) is 1.36. The molecule has 1 saturated heterocycles. The van der Waals surface area contributed by atoms with Gasteiger partial charge >= 0.3 is 0 Å². The Kier molecular flexibility index (Phi) is 5.11. The lowest BCUT2D eigenvalue weighted by Gasteiger charge is -2.20. The summed E-state index contributed by atoms with van der Waals surface area (Å²) in [5, 5.41) is 0. The maximum absolute atomic E-state index is 5.61. The van der Waals surface area contributed by atoms with Gasteiger partial charge in [-0.05, 0) is 26.2 Å². The number of hydrogen-bond acceptors (Lipinski definition) is 2. The van der Waals surface area contributed by atoms with E-state index in [0.29, 0.717) is 5.73 Å². The van der Waals surface area contributed by atoms with Crippen LogP contribution >= 0.6 is 0 Å². The van der Waals surface area contributed by atoms with Gasteiger partial charge in [-0.15, -0.1) is 0 Å². The number of hydrogen-bond donors (Lipinski definition) is 0. The van der Waals surface area contributed by atoms with Crippen LogP contribution in [0.4, 0.5) is 0 Å². The van der Waals surface area contributed by atoms with Gasteiger partial charge in [-0.25, -0.2) is 0 Å². The Morgan fingerprint density at radius 1 is 1.58 bits per heavy atom. The molecule has 0 spiro atoms. The van der Waals surface area contributed by atoms with Crippen LogP contribution in [0.3, 0.4) is 0 Å². The lowest BCUT2D eigenvalue weighted by atomic mass is 10.2. The Bertz CT molecular complexity index is 130. The zero-order chi connectivity index (χ0) is 8.65. The summed E-state index contributed by atoms with van der Waals surface area (Å²) in [6, 6.07) is 0. The molecule has 1 atom stereocenters. The third-order valence-electron chi connectivity index (χ3n) is 2.03. The van der Waals surface area contributed by atoms with Crippen molar-refractivity contribution < 1.29 is 9.47 Å². The van der Waals surface area contributed by atoms with Crippen LogP contribution in [0.5, 0.6) is 0 Å². The van der Waals surface area contributed by atoms with Crippen LogP contribution in [0.2, 0.25) is 0 Å². The highest BCUT2D eigenvalue weighted by molar-refractivity contribution is 6.43. The van der Waals surface area contributed by atoms with Crippen LogP contribution in [-0.4, -0.2) is 28.5 Å². The highest BCUT2D eigenvalue weighted by Gasteiger charge is 2.11. The van der Waals surface area contributed by atoms with E-state index in [0.717, 1.165) is 13.2 Å². The molecule has 70 valence electrons. The molecule has 1 unspecified atom stereocenters.